The monoisotopic (exact) mass is 427 g/mol. The number of nitrogens with zero attached hydrogens (tertiary/aromatic N) is 2. The van der Waals surface area contributed by atoms with Gasteiger partial charge in [-0.2, -0.15) is 4.98 Å². The van der Waals surface area contributed by atoms with Crippen molar-refractivity contribution >= 4 is 16.7 Å². The Morgan fingerprint density at radius 2 is 1.84 bits per heavy atom. The van der Waals surface area contributed by atoms with Gasteiger partial charge in [-0.05, 0) is 42.0 Å². The Kier molecular flexibility index (Phi) is 4.79. The Morgan fingerprint density at radius 3 is 2.66 bits per heavy atom. The van der Waals surface area contributed by atoms with Gasteiger partial charge in [0.25, 0.3) is 5.89 Å². The molecule has 2 heterocycles. The first-order chi connectivity index (χ1) is 15.6. The number of nitrogens with two attached hydrogens (primary N) is 1. The van der Waals surface area contributed by atoms with Crippen molar-refractivity contribution in [3.05, 3.63) is 89.1 Å². The summed E-state index contributed by atoms with van der Waals surface area (Å²) in [5.74, 6) is 1.33. The summed E-state index contributed by atoms with van der Waals surface area (Å²) in [7, 11) is 0. The van der Waals surface area contributed by atoms with E-state index in [1.54, 1.807) is 42.5 Å². The maximum absolute atomic E-state index is 12.9. The summed E-state index contributed by atoms with van der Waals surface area (Å²) in [6, 6.07) is 18.5. The molecule has 0 aliphatic heterocycles. The molecule has 8 heteroatoms. The van der Waals surface area contributed by atoms with Crippen molar-refractivity contribution in [2.75, 3.05) is 5.73 Å². The molecular weight excluding hydrogens is 410 g/mol. The molecule has 0 radical (unpaired) electrons. The highest BCUT2D eigenvalue weighted by atomic mass is 16.5. The van der Waals surface area contributed by atoms with Gasteiger partial charge in [-0.1, -0.05) is 29.4 Å². The van der Waals surface area contributed by atoms with Crippen LogP contribution in [0.2, 0.25) is 0 Å². The van der Waals surface area contributed by atoms with Crippen LogP contribution in [0.1, 0.15) is 5.89 Å². The normalized spacial score (nSPS) is 11.0. The molecule has 32 heavy (non-hydrogen) atoms. The molecule has 3 aromatic carbocycles. The second kappa shape index (κ2) is 7.92. The van der Waals surface area contributed by atoms with Gasteiger partial charge in [-0.3, -0.25) is 4.79 Å². The molecule has 0 aliphatic carbocycles. The molecule has 0 saturated heterocycles. The van der Waals surface area contributed by atoms with Crippen LogP contribution in [0.15, 0.2) is 86.7 Å². The average Bonchev–Trinajstić information content (AvgIpc) is 3.28. The van der Waals surface area contributed by atoms with Gasteiger partial charge in [-0.25, -0.2) is 0 Å². The number of phenols is 1. The summed E-state index contributed by atoms with van der Waals surface area (Å²) >= 11 is 0. The minimum absolute atomic E-state index is 0.0522. The maximum Gasteiger partial charge on any atom is 0.264 e. The van der Waals surface area contributed by atoms with Gasteiger partial charge in [0.1, 0.15) is 23.3 Å². The molecule has 2 aromatic heterocycles. The molecule has 0 spiro atoms. The molecule has 0 unspecified atom stereocenters. The quantitative estimate of drug-likeness (QED) is 0.396. The molecule has 158 valence electrons. The lowest BCUT2D eigenvalue weighted by atomic mass is 10.1. The van der Waals surface area contributed by atoms with Crippen LogP contribution >= 0.6 is 0 Å². The topological polar surface area (TPSA) is 125 Å². The number of anilines is 1. The number of ether oxygens (including phenoxy) is 1. The lowest BCUT2D eigenvalue weighted by Gasteiger charge is -2.06. The zero-order valence-electron chi connectivity index (χ0n) is 16.7. The summed E-state index contributed by atoms with van der Waals surface area (Å²) in [6.07, 6.45) is 1.40. The third kappa shape index (κ3) is 3.77. The number of nitrogen functional groups attached to an aromatic ring is 1. The second-order valence-corrected chi connectivity index (χ2v) is 7.11. The number of fused-ring (bicyclic) bond motifs is 1. The van der Waals surface area contributed by atoms with E-state index in [0.717, 1.165) is 5.56 Å². The highest BCUT2D eigenvalue weighted by Crippen LogP contribution is 2.25. The van der Waals surface area contributed by atoms with Crippen LogP contribution in [0.5, 0.6) is 11.5 Å². The van der Waals surface area contributed by atoms with Crippen LogP contribution in [-0.2, 0) is 6.61 Å². The number of aromatic hydroxyl groups is 1. The fourth-order valence-corrected chi connectivity index (χ4v) is 3.29. The molecule has 0 fully saturated rings. The average molecular weight is 427 g/mol. The van der Waals surface area contributed by atoms with Crippen molar-refractivity contribution in [3.63, 3.8) is 0 Å². The van der Waals surface area contributed by atoms with E-state index < -0.39 is 0 Å². The van der Waals surface area contributed by atoms with E-state index in [9.17, 15) is 9.90 Å². The van der Waals surface area contributed by atoms with E-state index in [1.807, 2.05) is 12.1 Å². The van der Waals surface area contributed by atoms with Crippen LogP contribution in [0.4, 0.5) is 5.69 Å². The van der Waals surface area contributed by atoms with Crippen molar-refractivity contribution in [3.8, 4) is 34.0 Å². The van der Waals surface area contributed by atoms with E-state index in [1.165, 1.54) is 18.4 Å². The number of benzene rings is 3. The van der Waals surface area contributed by atoms with E-state index in [4.69, 9.17) is 19.4 Å². The van der Waals surface area contributed by atoms with Crippen LogP contribution in [-0.4, -0.2) is 15.2 Å². The summed E-state index contributed by atoms with van der Waals surface area (Å²) < 4.78 is 16.6. The molecule has 0 atom stereocenters. The number of phenolic OH excluding ortho intramolecular Hbond substituents is 1. The zero-order chi connectivity index (χ0) is 22.1. The summed E-state index contributed by atoms with van der Waals surface area (Å²) in [5.41, 5.74) is 8.43. The number of aromatic nitrogens is 2. The van der Waals surface area contributed by atoms with Crippen LogP contribution in [0.25, 0.3) is 33.5 Å². The third-order valence-electron chi connectivity index (χ3n) is 4.90. The molecule has 0 saturated carbocycles. The highest BCUT2D eigenvalue weighted by Gasteiger charge is 2.12. The van der Waals surface area contributed by atoms with Crippen LogP contribution < -0.4 is 15.9 Å². The van der Waals surface area contributed by atoms with Crippen LogP contribution in [0.3, 0.4) is 0 Å². The summed E-state index contributed by atoms with van der Waals surface area (Å²) in [5, 5.41) is 13.8. The van der Waals surface area contributed by atoms with Crippen molar-refractivity contribution in [1.82, 2.24) is 10.1 Å². The Hall–Kier alpha value is -4.59. The minimum Gasteiger partial charge on any atom is -0.508 e. The van der Waals surface area contributed by atoms with Crippen molar-refractivity contribution in [2.24, 2.45) is 0 Å². The molecule has 0 bridgehead atoms. The molecule has 0 aliphatic rings. The van der Waals surface area contributed by atoms with E-state index in [2.05, 4.69) is 10.1 Å². The first kappa shape index (κ1) is 19.4. The van der Waals surface area contributed by atoms with E-state index in [0.29, 0.717) is 45.2 Å². The highest BCUT2D eigenvalue weighted by molar-refractivity contribution is 5.82. The molecule has 5 aromatic rings. The molecule has 5 rings (SSSR count). The van der Waals surface area contributed by atoms with Crippen molar-refractivity contribution in [1.29, 1.82) is 0 Å². The first-order valence-corrected chi connectivity index (χ1v) is 9.73. The first-order valence-electron chi connectivity index (χ1n) is 9.73. The number of hydrogen-bond acceptors (Lipinski definition) is 8. The predicted octanol–water partition coefficient (Wildman–Crippen LogP) is 4.38. The smallest absolute Gasteiger partial charge is 0.264 e. The van der Waals surface area contributed by atoms with Gasteiger partial charge >= 0.3 is 0 Å². The Morgan fingerprint density at radius 1 is 1.00 bits per heavy atom. The lowest BCUT2D eigenvalue weighted by molar-refractivity contribution is 0.243. The predicted molar refractivity (Wildman–Crippen MR) is 118 cm³/mol. The van der Waals surface area contributed by atoms with Gasteiger partial charge in [-0.15, -0.1) is 0 Å². The van der Waals surface area contributed by atoms with Gasteiger partial charge in [0.2, 0.25) is 5.82 Å². The zero-order valence-corrected chi connectivity index (χ0v) is 16.7. The van der Waals surface area contributed by atoms with E-state index >= 15 is 0 Å². The van der Waals surface area contributed by atoms with Crippen molar-refractivity contribution in [2.45, 2.75) is 6.61 Å². The Balaban J connectivity index is 1.35. The minimum atomic E-state index is -0.174. The standard InChI is InChI=1S/C24H17N3O5/c25-16-3-1-2-15(10-16)24-26-22(32-27-24)13-30-18-8-9-19-21(11-18)31-12-20(23(19)29)14-4-6-17(28)7-5-14/h1-12,28H,13,25H2. The fraction of sp³-hybridized carbons (Fsp3) is 0.0417. The summed E-state index contributed by atoms with van der Waals surface area (Å²) in [6.45, 7) is 0.0522. The summed E-state index contributed by atoms with van der Waals surface area (Å²) in [4.78, 5) is 17.2. The maximum atomic E-state index is 12.9. The number of rotatable bonds is 5. The molecule has 3 N–H and O–H groups in total. The molecule has 8 nitrogen and oxygen atoms in total. The SMILES string of the molecule is Nc1cccc(-c2noc(COc3ccc4c(=O)c(-c5ccc(O)cc5)coc4c3)n2)c1. The molecule has 0 amide bonds. The third-order valence-corrected chi connectivity index (χ3v) is 4.90. The van der Waals surface area contributed by atoms with Gasteiger partial charge < -0.3 is 24.5 Å². The largest absolute Gasteiger partial charge is 0.508 e. The second-order valence-electron chi connectivity index (χ2n) is 7.11. The van der Waals surface area contributed by atoms with Crippen LogP contribution in [0, 0.1) is 0 Å². The van der Waals surface area contributed by atoms with E-state index in [-0.39, 0.29) is 17.8 Å². The molecular formula is C24H17N3O5. The fourth-order valence-electron chi connectivity index (χ4n) is 3.29. The Labute approximate surface area is 181 Å². The van der Waals surface area contributed by atoms with Gasteiger partial charge in [0.15, 0.2) is 12.0 Å². The lowest BCUT2D eigenvalue weighted by Crippen LogP contribution is -2.05. The van der Waals surface area contributed by atoms with Gasteiger partial charge in [0, 0.05) is 17.3 Å². The Bertz CT molecular complexity index is 1470. The van der Waals surface area contributed by atoms with Gasteiger partial charge in [0.05, 0.1) is 10.9 Å². The van der Waals surface area contributed by atoms with Crippen molar-refractivity contribution < 1.29 is 18.8 Å². The number of hydrogen-bond donors (Lipinski definition) is 2.